The average molecular weight is 536 g/mol. The van der Waals surface area contributed by atoms with Gasteiger partial charge in [-0.05, 0) is 31.7 Å². The summed E-state index contributed by atoms with van der Waals surface area (Å²) >= 11 is 1.56. The normalized spacial score (nSPS) is 17.5. The minimum atomic E-state index is -1.15. The van der Waals surface area contributed by atoms with Crippen LogP contribution >= 0.6 is 11.3 Å². The Hall–Kier alpha value is -2.96. The van der Waals surface area contributed by atoms with E-state index < -0.39 is 8.07 Å². The van der Waals surface area contributed by atoms with E-state index in [4.69, 9.17) is 19.8 Å². The van der Waals surface area contributed by atoms with E-state index in [0.29, 0.717) is 18.6 Å². The van der Waals surface area contributed by atoms with E-state index >= 15 is 0 Å². The third-order valence-electron chi connectivity index (χ3n) is 7.17. The molecule has 0 amide bonds. The van der Waals surface area contributed by atoms with Crippen LogP contribution in [0.25, 0.3) is 27.8 Å². The topological polar surface area (TPSA) is 99.7 Å². The minimum absolute atomic E-state index is 0.143. The summed E-state index contributed by atoms with van der Waals surface area (Å²) in [5.74, 6) is 2.55. The van der Waals surface area contributed by atoms with Crippen LogP contribution in [0.2, 0.25) is 25.7 Å². The summed E-state index contributed by atoms with van der Waals surface area (Å²) in [4.78, 5) is 17.0. The van der Waals surface area contributed by atoms with Gasteiger partial charge in [-0.1, -0.05) is 26.6 Å². The number of fused-ring (bicyclic) bond motifs is 3. The fraction of sp³-hybridized carbons (Fsp3) is 0.520. The van der Waals surface area contributed by atoms with E-state index in [1.54, 1.807) is 23.9 Å². The van der Waals surface area contributed by atoms with Gasteiger partial charge in [-0.2, -0.15) is 5.10 Å². The summed E-state index contributed by atoms with van der Waals surface area (Å²) in [5.41, 5.74) is 2.58. The van der Waals surface area contributed by atoms with Gasteiger partial charge in [0.1, 0.15) is 29.4 Å². The molecule has 1 atom stereocenters. The molecule has 37 heavy (non-hydrogen) atoms. The molecule has 1 saturated carbocycles. The molecule has 194 valence electrons. The molecule has 1 fully saturated rings. The molecule has 0 N–H and O–H groups in total. The summed E-state index contributed by atoms with van der Waals surface area (Å²) in [6, 6.07) is 1.72. The minimum Gasteiger partial charge on any atom is -0.360 e. The highest BCUT2D eigenvalue weighted by atomic mass is 32.1. The molecular formula is C25H33N9OSSi. The fourth-order valence-corrected chi connectivity index (χ4v) is 6.33. The SMILES string of the molecule is CC[C@@H]1c2nncn2-c2cnc(-c3cn(COCC[Si](C)(C)C)nc3-c3nccs3)nc2N1C1CCC1. The lowest BCUT2D eigenvalue weighted by molar-refractivity contribution is 0.0788. The maximum atomic E-state index is 5.99. The highest BCUT2D eigenvalue weighted by Gasteiger charge is 2.39. The number of nitrogens with zero attached hydrogens (tertiary/aromatic N) is 9. The molecule has 0 aromatic carbocycles. The van der Waals surface area contributed by atoms with Crippen molar-refractivity contribution >= 4 is 25.2 Å². The molecule has 0 bridgehead atoms. The molecule has 1 aliphatic carbocycles. The van der Waals surface area contributed by atoms with Crippen molar-refractivity contribution in [3.05, 3.63) is 36.1 Å². The molecule has 0 unspecified atom stereocenters. The quantitative estimate of drug-likeness (QED) is 0.213. The van der Waals surface area contributed by atoms with Crippen LogP contribution in [0.1, 0.15) is 44.5 Å². The summed E-state index contributed by atoms with van der Waals surface area (Å²) in [6.07, 6.45) is 12.0. The molecule has 4 aromatic heterocycles. The van der Waals surface area contributed by atoms with Crippen LogP contribution in [0.5, 0.6) is 0 Å². The van der Waals surface area contributed by atoms with Gasteiger partial charge < -0.3 is 9.64 Å². The fourth-order valence-electron chi connectivity index (χ4n) is 4.94. The molecule has 12 heteroatoms. The van der Waals surface area contributed by atoms with Gasteiger partial charge in [0.2, 0.25) is 0 Å². The Kier molecular flexibility index (Phi) is 6.41. The monoisotopic (exact) mass is 535 g/mol. The zero-order valence-corrected chi connectivity index (χ0v) is 23.6. The predicted molar refractivity (Wildman–Crippen MR) is 147 cm³/mol. The molecule has 10 nitrogen and oxygen atoms in total. The Labute approximate surface area is 221 Å². The summed E-state index contributed by atoms with van der Waals surface area (Å²) < 4.78 is 9.87. The van der Waals surface area contributed by atoms with Crippen molar-refractivity contribution < 1.29 is 4.74 Å². The van der Waals surface area contributed by atoms with E-state index in [2.05, 4.69) is 46.6 Å². The molecule has 0 radical (unpaired) electrons. The second-order valence-corrected chi connectivity index (χ2v) is 17.5. The molecule has 6 rings (SSSR count). The number of hydrogen-bond acceptors (Lipinski definition) is 9. The molecular weight excluding hydrogens is 502 g/mol. The first-order valence-corrected chi connectivity index (χ1v) is 17.6. The van der Waals surface area contributed by atoms with Crippen molar-refractivity contribution in [1.82, 2.24) is 39.5 Å². The van der Waals surface area contributed by atoms with E-state index in [9.17, 15) is 0 Å². The number of hydrogen-bond donors (Lipinski definition) is 0. The Morgan fingerprint density at radius 2 is 2.05 bits per heavy atom. The first-order valence-electron chi connectivity index (χ1n) is 13.0. The third-order valence-corrected chi connectivity index (χ3v) is 9.66. The van der Waals surface area contributed by atoms with E-state index in [-0.39, 0.29) is 6.04 Å². The van der Waals surface area contributed by atoms with Gasteiger partial charge in [0.15, 0.2) is 17.5 Å². The molecule has 5 heterocycles. The maximum absolute atomic E-state index is 5.99. The lowest BCUT2D eigenvalue weighted by Crippen LogP contribution is -2.46. The lowest BCUT2D eigenvalue weighted by atomic mass is 9.89. The Morgan fingerprint density at radius 1 is 1.19 bits per heavy atom. The van der Waals surface area contributed by atoms with Gasteiger partial charge in [0.05, 0.1) is 17.8 Å². The molecule has 0 spiro atoms. The highest BCUT2D eigenvalue weighted by Crippen LogP contribution is 2.44. The summed E-state index contributed by atoms with van der Waals surface area (Å²) in [6.45, 7) is 10.4. The van der Waals surface area contributed by atoms with E-state index in [1.165, 1.54) is 19.3 Å². The lowest BCUT2D eigenvalue weighted by Gasteiger charge is -2.45. The number of anilines is 1. The summed E-state index contributed by atoms with van der Waals surface area (Å²) in [7, 11) is -1.15. The van der Waals surface area contributed by atoms with Crippen molar-refractivity contribution in [2.45, 2.75) is 77.1 Å². The van der Waals surface area contributed by atoms with Crippen LogP contribution in [0.15, 0.2) is 30.3 Å². The van der Waals surface area contributed by atoms with Crippen LogP contribution in [-0.2, 0) is 11.5 Å². The number of thiazole rings is 1. The van der Waals surface area contributed by atoms with Crippen LogP contribution in [-0.4, -0.2) is 60.2 Å². The third kappa shape index (κ3) is 4.62. The van der Waals surface area contributed by atoms with Crippen molar-refractivity contribution in [3.8, 4) is 27.8 Å². The zero-order chi connectivity index (χ0) is 25.6. The smallest absolute Gasteiger partial charge is 0.165 e. The van der Waals surface area contributed by atoms with Crippen LogP contribution in [0.3, 0.4) is 0 Å². The van der Waals surface area contributed by atoms with Crippen LogP contribution < -0.4 is 4.90 Å². The summed E-state index contributed by atoms with van der Waals surface area (Å²) in [5, 5.41) is 16.3. The van der Waals surface area contributed by atoms with Crippen molar-refractivity contribution in [2.24, 2.45) is 0 Å². The Morgan fingerprint density at radius 3 is 2.76 bits per heavy atom. The number of rotatable bonds is 9. The molecule has 0 saturated heterocycles. The van der Waals surface area contributed by atoms with E-state index in [1.807, 2.05) is 27.0 Å². The second kappa shape index (κ2) is 9.73. The predicted octanol–water partition coefficient (Wildman–Crippen LogP) is 5.18. The Balaban J connectivity index is 1.39. The van der Waals surface area contributed by atoms with E-state index in [0.717, 1.165) is 52.7 Å². The van der Waals surface area contributed by atoms with Crippen molar-refractivity contribution in [2.75, 3.05) is 11.5 Å². The average Bonchev–Trinajstić information content (AvgIpc) is 3.60. The van der Waals surface area contributed by atoms with Gasteiger partial charge in [0, 0.05) is 38.5 Å². The first kappa shape index (κ1) is 24.4. The van der Waals surface area contributed by atoms with Gasteiger partial charge >= 0.3 is 0 Å². The molecule has 4 aromatic rings. The van der Waals surface area contributed by atoms with Crippen molar-refractivity contribution in [1.29, 1.82) is 0 Å². The molecule has 1 aliphatic heterocycles. The van der Waals surface area contributed by atoms with Crippen LogP contribution in [0, 0.1) is 0 Å². The van der Waals surface area contributed by atoms with Gasteiger partial charge in [-0.3, -0.25) is 4.57 Å². The number of aromatic nitrogens is 8. The number of ether oxygens (including phenoxy) is 1. The van der Waals surface area contributed by atoms with Crippen LogP contribution in [0.4, 0.5) is 5.82 Å². The standard InChI is InChI=1S/C25H33N9OSSi/c1-5-19-24-30-28-15-33(24)20-13-27-22(29-23(20)34(19)17-7-6-8-17)18-14-32(16-35-10-12-37(2,3)4)31-21(18)25-26-9-11-36-25/h9,11,13-15,17,19H,5-8,10,12,16H2,1-4H3/t19-/m1/s1. The highest BCUT2D eigenvalue weighted by molar-refractivity contribution is 7.13. The van der Waals surface area contributed by atoms with Gasteiger partial charge in [0.25, 0.3) is 0 Å². The first-order chi connectivity index (χ1) is 17.9. The largest absolute Gasteiger partial charge is 0.360 e. The zero-order valence-electron chi connectivity index (χ0n) is 21.8. The molecule has 2 aliphatic rings. The van der Waals surface area contributed by atoms with Gasteiger partial charge in [-0.15, -0.1) is 21.5 Å². The Bertz CT molecular complexity index is 1370. The second-order valence-electron chi connectivity index (χ2n) is 11.0. The van der Waals surface area contributed by atoms with Crippen molar-refractivity contribution in [3.63, 3.8) is 0 Å². The van der Waals surface area contributed by atoms with Gasteiger partial charge in [-0.25, -0.2) is 19.6 Å². The maximum Gasteiger partial charge on any atom is 0.165 e.